The average molecular weight is 354 g/mol. The SMILES string of the molecule is CCSc1nnc(NC(=O)CCSc2ccc(C)c(C)c2)s1. The van der Waals surface area contributed by atoms with Crippen LogP contribution in [-0.2, 0) is 4.79 Å². The Labute approximate surface area is 143 Å². The normalized spacial score (nSPS) is 10.7. The van der Waals surface area contributed by atoms with Gasteiger partial charge in [-0.1, -0.05) is 36.1 Å². The number of carbonyl (C=O) groups excluding carboxylic acids is 1. The summed E-state index contributed by atoms with van der Waals surface area (Å²) < 4.78 is 0.891. The molecule has 118 valence electrons. The van der Waals surface area contributed by atoms with Gasteiger partial charge in [0.25, 0.3) is 0 Å². The monoisotopic (exact) mass is 353 g/mol. The summed E-state index contributed by atoms with van der Waals surface area (Å²) in [6.07, 6.45) is 0.466. The lowest BCUT2D eigenvalue weighted by atomic mass is 10.1. The number of aryl methyl sites for hydroxylation is 2. The molecule has 0 fully saturated rings. The molecule has 1 heterocycles. The number of hydrogen-bond donors (Lipinski definition) is 1. The first-order chi connectivity index (χ1) is 10.6. The van der Waals surface area contributed by atoms with Crippen LogP contribution >= 0.6 is 34.9 Å². The summed E-state index contributed by atoms with van der Waals surface area (Å²) >= 11 is 4.75. The second kappa shape index (κ2) is 8.55. The van der Waals surface area contributed by atoms with E-state index in [-0.39, 0.29) is 5.91 Å². The first-order valence-corrected chi connectivity index (χ1v) is 9.83. The Morgan fingerprint density at radius 2 is 2.05 bits per heavy atom. The van der Waals surface area contributed by atoms with Gasteiger partial charge in [-0.05, 0) is 42.9 Å². The molecule has 1 aromatic carbocycles. The maximum Gasteiger partial charge on any atom is 0.227 e. The molecule has 1 aromatic heterocycles. The number of carbonyl (C=O) groups is 1. The summed E-state index contributed by atoms with van der Waals surface area (Å²) in [6, 6.07) is 6.38. The van der Waals surface area contributed by atoms with E-state index < -0.39 is 0 Å². The van der Waals surface area contributed by atoms with Crippen LogP contribution in [0, 0.1) is 13.8 Å². The molecule has 0 atom stereocenters. The molecule has 0 saturated carbocycles. The summed E-state index contributed by atoms with van der Waals surface area (Å²) in [5, 5.41) is 11.4. The molecule has 7 heteroatoms. The third-order valence-electron chi connectivity index (χ3n) is 3.00. The Bertz CT molecular complexity index is 643. The van der Waals surface area contributed by atoms with Crippen molar-refractivity contribution in [3.63, 3.8) is 0 Å². The lowest BCUT2D eigenvalue weighted by molar-refractivity contribution is -0.115. The summed E-state index contributed by atoms with van der Waals surface area (Å²) in [7, 11) is 0. The third kappa shape index (κ3) is 5.30. The second-order valence-electron chi connectivity index (χ2n) is 4.70. The maximum atomic E-state index is 11.9. The van der Waals surface area contributed by atoms with Crippen molar-refractivity contribution < 1.29 is 4.79 Å². The minimum Gasteiger partial charge on any atom is -0.300 e. The topological polar surface area (TPSA) is 54.9 Å². The van der Waals surface area contributed by atoms with E-state index in [0.29, 0.717) is 11.6 Å². The molecule has 0 spiro atoms. The van der Waals surface area contributed by atoms with Crippen LogP contribution in [0.15, 0.2) is 27.4 Å². The van der Waals surface area contributed by atoms with Gasteiger partial charge in [-0.2, -0.15) is 0 Å². The predicted octanol–water partition coefficient (Wildman–Crippen LogP) is 4.39. The number of aromatic nitrogens is 2. The molecule has 4 nitrogen and oxygen atoms in total. The zero-order valence-corrected chi connectivity index (χ0v) is 15.3. The highest BCUT2D eigenvalue weighted by molar-refractivity contribution is 8.01. The molecule has 22 heavy (non-hydrogen) atoms. The molecule has 0 aliphatic rings. The van der Waals surface area contributed by atoms with Crippen molar-refractivity contribution in [3.8, 4) is 0 Å². The van der Waals surface area contributed by atoms with E-state index in [1.54, 1.807) is 23.5 Å². The summed E-state index contributed by atoms with van der Waals surface area (Å²) in [6.45, 7) is 6.27. The van der Waals surface area contributed by atoms with Crippen LogP contribution in [0.5, 0.6) is 0 Å². The number of benzene rings is 1. The van der Waals surface area contributed by atoms with Gasteiger partial charge >= 0.3 is 0 Å². The van der Waals surface area contributed by atoms with E-state index in [0.717, 1.165) is 15.8 Å². The molecule has 0 bridgehead atoms. The molecule has 1 N–H and O–H groups in total. The number of hydrogen-bond acceptors (Lipinski definition) is 6. The minimum absolute atomic E-state index is 0.0134. The minimum atomic E-state index is -0.0134. The van der Waals surface area contributed by atoms with Gasteiger partial charge in [0, 0.05) is 17.1 Å². The number of anilines is 1. The fourth-order valence-corrected chi connectivity index (χ4v) is 4.30. The van der Waals surface area contributed by atoms with Gasteiger partial charge < -0.3 is 5.32 Å². The van der Waals surface area contributed by atoms with E-state index in [2.05, 4.69) is 54.5 Å². The van der Waals surface area contributed by atoms with Crippen LogP contribution in [-0.4, -0.2) is 27.6 Å². The van der Waals surface area contributed by atoms with Gasteiger partial charge in [-0.25, -0.2) is 0 Å². The van der Waals surface area contributed by atoms with Gasteiger partial charge in [0.2, 0.25) is 11.0 Å². The first-order valence-electron chi connectivity index (χ1n) is 7.04. The molecule has 0 saturated heterocycles. The van der Waals surface area contributed by atoms with Crippen molar-refractivity contribution in [3.05, 3.63) is 29.3 Å². The van der Waals surface area contributed by atoms with Crippen LogP contribution in [0.2, 0.25) is 0 Å². The number of nitrogens with zero attached hydrogens (tertiary/aromatic N) is 2. The molecular weight excluding hydrogens is 334 g/mol. The molecular formula is C15H19N3OS3. The van der Waals surface area contributed by atoms with Gasteiger partial charge in [-0.15, -0.1) is 22.0 Å². The molecule has 1 amide bonds. The molecule has 0 unspecified atom stereocenters. The number of amides is 1. The fourth-order valence-electron chi connectivity index (χ4n) is 1.69. The Morgan fingerprint density at radius 3 is 2.77 bits per heavy atom. The standard InChI is InChI=1S/C15H19N3OS3/c1-4-20-15-18-17-14(22-15)16-13(19)7-8-21-12-6-5-10(2)11(3)9-12/h5-6,9H,4,7-8H2,1-3H3,(H,16,17,19). The van der Waals surface area contributed by atoms with Gasteiger partial charge in [0.1, 0.15) is 0 Å². The Hall–Kier alpha value is -1.05. The Kier molecular flexibility index (Phi) is 6.72. The molecule has 0 aliphatic heterocycles. The smallest absolute Gasteiger partial charge is 0.227 e. The van der Waals surface area contributed by atoms with Crippen molar-refractivity contribution in [2.45, 2.75) is 36.4 Å². The average Bonchev–Trinajstić information content (AvgIpc) is 2.90. The molecule has 2 aromatic rings. The summed E-state index contributed by atoms with van der Waals surface area (Å²) in [4.78, 5) is 13.1. The number of rotatable bonds is 7. The van der Waals surface area contributed by atoms with Gasteiger partial charge in [0.15, 0.2) is 4.34 Å². The van der Waals surface area contributed by atoms with E-state index in [1.807, 2.05) is 0 Å². The van der Waals surface area contributed by atoms with Crippen molar-refractivity contribution >= 4 is 45.9 Å². The number of nitrogens with one attached hydrogen (secondary N) is 1. The van der Waals surface area contributed by atoms with Crippen LogP contribution < -0.4 is 5.32 Å². The lowest BCUT2D eigenvalue weighted by Crippen LogP contribution is -2.11. The maximum absolute atomic E-state index is 11.9. The predicted molar refractivity (Wildman–Crippen MR) is 96.2 cm³/mol. The largest absolute Gasteiger partial charge is 0.300 e. The van der Waals surface area contributed by atoms with Crippen molar-refractivity contribution in [1.82, 2.24) is 10.2 Å². The lowest BCUT2D eigenvalue weighted by Gasteiger charge is -2.05. The van der Waals surface area contributed by atoms with Gasteiger partial charge in [0.05, 0.1) is 0 Å². The fraction of sp³-hybridized carbons (Fsp3) is 0.400. The first kappa shape index (κ1) is 17.3. The summed E-state index contributed by atoms with van der Waals surface area (Å²) in [5.74, 6) is 1.69. The van der Waals surface area contributed by atoms with E-state index in [9.17, 15) is 4.79 Å². The number of thioether (sulfide) groups is 2. The highest BCUT2D eigenvalue weighted by atomic mass is 32.2. The van der Waals surface area contributed by atoms with Crippen LogP contribution in [0.1, 0.15) is 24.5 Å². The van der Waals surface area contributed by atoms with E-state index in [4.69, 9.17) is 0 Å². The highest BCUT2D eigenvalue weighted by Crippen LogP contribution is 2.25. The third-order valence-corrected chi connectivity index (χ3v) is 5.85. The van der Waals surface area contributed by atoms with Gasteiger partial charge in [-0.3, -0.25) is 4.79 Å². The van der Waals surface area contributed by atoms with Crippen molar-refractivity contribution in [2.75, 3.05) is 16.8 Å². The molecule has 0 radical (unpaired) electrons. The highest BCUT2D eigenvalue weighted by Gasteiger charge is 2.08. The Balaban J connectivity index is 1.76. The molecule has 2 rings (SSSR count). The molecule has 0 aliphatic carbocycles. The second-order valence-corrected chi connectivity index (χ2v) is 8.36. The zero-order valence-electron chi connectivity index (χ0n) is 12.9. The van der Waals surface area contributed by atoms with Crippen molar-refractivity contribution in [2.24, 2.45) is 0 Å². The zero-order chi connectivity index (χ0) is 15.9. The van der Waals surface area contributed by atoms with Crippen molar-refractivity contribution in [1.29, 1.82) is 0 Å². The van der Waals surface area contributed by atoms with Crippen LogP contribution in [0.3, 0.4) is 0 Å². The van der Waals surface area contributed by atoms with E-state index in [1.165, 1.54) is 27.4 Å². The van der Waals surface area contributed by atoms with Crippen LogP contribution in [0.25, 0.3) is 0 Å². The van der Waals surface area contributed by atoms with E-state index >= 15 is 0 Å². The quantitative estimate of drug-likeness (QED) is 0.591. The van der Waals surface area contributed by atoms with Crippen LogP contribution in [0.4, 0.5) is 5.13 Å². The Morgan fingerprint density at radius 1 is 1.23 bits per heavy atom. The summed E-state index contributed by atoms with van der Waals surface area (Å²) in [5.41, 5.74) is 2.57.